The summed E-state index contributed by atoms with van der Waals surface area (Å²) in [5.74, 6) is 0. The highest BCUT2D eigenvalue weighted by molar-refractivity contribution is 5.28. The molecular formula is C18H25N3. The Morgan fingerprint density at radius 1 is 1.14 bits per heavy atom. The summed E-state index contributed by atoms with van der Waals surface area (Å²) in [6, 6.07) is 9.25. The fourth-order valence-electron chi connectivity index (χ4n) is 3.05. The van der Waals surface area contributed by atoms with Gasteiger partial charge in [0.1, 0.15) is 0 Å². The van der Waals surface area contributed by atoms with E-state index >= 15 is 0 Å². The topological polar surface area (TPSA) is 29.9 Å². The molecule has 1 aliphatic carbocycles. The van der Waals surface area contributed by atoms with Crippen LogP contribution in [-0.2, 0) is 25.9 Å². The molecule has 1 N–H and O–H groups in total. The van der Waals surface area contributed by atoms with E-state index in [1.165, 1.54) is 41.8 Å². The van der Waals surface area contributed by atoms with E-state index in [1.54, 1.807) is 0 Å². The van der Waals surface area contributed by atoms with Gasteiger partial charge in [-0.1, -0.05) is 38.1 Å². The molecule has 0 atom stereocenters. The SMILES string of the molecule is CC(C)NCc1ccccc1Cn1cnc2c1CCCC2. The molecule has 0 fully saturated rings. The van der Waals surface area contributed by atoms with Gasteiger partial charge in [0.2, 0.25) is 0 Å². The monoisotopic (exact) mass is 283 g/mol. The second kappa shape index (κ2) is 6.44. The van der Waals surface area contributed by atoms with E-state index in [2.05, 4.69) is 53.0 Å². The summed E-state index contributed by atoms with van der Waals surface area (Å²) in [6.45, 7) is 6.26. The van der Waals surface area contributed by atoms with E-state index in [9.17, 15) is 0 Å². The fraction of sp³-hybridized carbons (Fsp3) is 0.500. The van der Waals surface area contributed by atoms with Crippen molar-refractivity contribution in [1.82, 2.24) is 14.9 Å². The van der Waals surface area contributed by atoms with Gasteiger partial charge in [0.05, 0.1) is 12.0 Å². The Labute approximate surface area is 127 Å². The number of aromatic nitrogens is 2. The van der Waals surface area contributed by atoms with Crippen LogP contribution in [0.3, 0.4) is 0 Å². The zero-order valence-corrected chi connectivity index (χ0v) is 13.1. The fourth-order valence-corrected chi connectivity index (χ4v) is 3.05. The molecule has 3 heteroatoms. The van der Waals surface area contributed by atoms with Crippen molar-refractivity contribution in [2.75, 3.05) is 0 Å². The van der Waals surface area contributed by atoms with Crippen molar-refractivity contribution in [3.63, 3.8) is 0 Å². The van der Waals surface area contributed by atoms with Crippen molar-refractivity contribution in [3.05, 3.63) is 53.1 Å². The standard InChI is InChI=1S/C18H25N3/c1-14(2)19-11-15-7-3-4-8-16(15)12-21-13-20-17-9-5-6-10-18(17)21/h3-4,7-8,13-14,19H,5-6,9-12H2,1-2H3. The molecule has 3 nitrogen and oxygen atoms in total. The minimum atomic E-state index is 0.513. The molecule has 2 aromatic rings. The van der Waals surface area contributed by atoms with Crippen LogP contribution in [0, 0.1) is 0 Å². The van der Waals surface area contributed by atoms with E-state index in [-0.39, 0.29) is 0 Å². The molecule has 1 heterocycles. The van der Waals surface area contributed by atoms with Crippen LogP contribution in [0.5, 0.6) is 0 Å². The van der Waals surface area contributed by atoms with Crippen LogP contribution < -0.4 is 5.32 Å². The summed E-state index contributed by atoms with van der Waals surface area (Å²) >= 11 is 0. The van der Waals surface area contributed by atoms with Gasteiger partial charge < -0.3 is 9.88 Å². The summed E-state index contributed by atoms with van der Waals surface area (Å²) in [5.41, 5.74) is 5.56. The Morgan fingerprint density at radius 3 is 2.71 bits per heavy atom. The predicted octanol–water partition coefficient (Wildman–Crippen LogP) is 3.31. The lowest BCUT2D eigenvalue weighted by molar-refractivity contribution is 0.582. The minimum Gasteiger partial charge on any atom is -0.330 e. The van der Waals surface area contributed by atoms with Crippen molar-refractivity contribution < 1.29 is 0 Å². The van der Waals surface area contributed by atoms with Gasteiger partial charge in [-0.3, -0.25) is 0 Å². The molecule has 21 heavy (non-hydrogen) atoms. The van der Waals surface area contributed by atoms with Crippen LogP contribution in [0.4, 0.5) is 0 Å². The molecule has 0 radical (unpaired) electrons. The minimum absolute atomic E-state index is 0.513. The molecule has 112 valence electrons. The lowest BCUT2D eigenvalue weighted by atomic mass is 10.0. The molecule has 0 spiro atoms. The highest BCUT2D eigenvalue weighted by Gasteiger charge is 2.15. The van der Waals surface area contributed by atoms with Gasteiger partial charge in [-0.2, -0.15) is 0 Å². The molecule has 0 saturated heterocycles. The summed E-state index contributed by atoms with van der Waals surface area (Å²) in [6.07, 6.45) is 6.96. The third kappa shape index (κ3) is 3.35. The number of benzene rings is 1. The molecule has 1 aromatic carbocycles. The maximum absolute atomic E-state index is 4.60. The molecule has 0 unspecified atom stereocenters. The number of hydrogen-bond acceptors (Lipinski definition) is 2. The molecule has 1 aromatic heterocycles. The quantitative estimate of drug-likeness (QED) is 0.912. The molecule has 0 bridgehead atoms. The van der Waals surface area contributed by atoms with Gasteiger partial charge in [0.15, 0.2) is 0 Å². The maximum Gasteiger partial charge on any atom is 0.0954 e. The van der Waals surface area contributed by atoms with Crippen molar-refractivity contribution in [1.29, 1.82) is 0 Å². The van der Waals surface area contributed by atoms with Crippen molar-refractivity contribution in [2.24, 2.45) is 0 Å². The van der Waals surface area contributed by atoms with Crippen molar-refractivity contribution in [2.45, 2.75) is 58.7 Å². The Hall–Kier alpha value is -1.61. The third-order valence-corrected chi connectivity index (χ3v) is 4.27. The molecule has 0 aliphatic heterocycles. The summed E-state index contributed by atoms with van der Waals surface area (Å²) in [5, 5.41) is 3.52. The van der Waals surface area contributed by atoms with Crippen LogP contribution in [0.15, 0.2) is 30.6 Å². The van der Waals surface area contributed by atoms with Crippen molar-refractivity contribution >= 4 is 0 Å². The predicted molar refractivity (Wildman–Crippen MR) is 86.4 cm³/mol. The van der Waals surface area contributed by atoms with E-state index in [4.69, 9.17) is 0 Å². The largest absolute Gasteiger partial charge is 0.330 e. The van der Waals surface area contributed by atoms with Gasteiger partial charge in [0.25, 0.3) is 0 Å². The Kier molecular flexibility index (Phi) is 4.39. The molecule has 0 saturated carbocycles. The molecule has 0 amide bonds. The third-order valence-electron chi connectivity index (χ3n) is 4.27. The average molecular weight is 283 g/mol. The Bertz CT molecular complexity index is 598. The van der Waals surface area contributed by atoms with Crippen LogP contribution in [0.2, 0.25) is 0 Å². The Balaban J connectivity index is 1.80. The van der Waals surface area contributed by atoms with Gasteiger partial charge in [0, 0.05) is 24.8 Å². The van der Waals surface area contributed by atoms with E-state index in [1.807, 2.05) is 6.33 Å². The van der Waals surface area contributed by atoms with Gasteiger partial charge in [-0.15, -0.1) is 0 Å². The molecular weight excluding hydrogens is 258 g/mol. The number of aryl methyl sites for hydroxylation is 1. The van der Waals surface area contributed by atoms with Gasteiger partial charge in [-0.05, 0) is 36.8 Å². The number of hydrogen-bond donors (Lipinski definition) is 1. The lowest BCUT2D eigenvalue weighted by Gasteiger charge is -2.16. The average Bonchev–Trinajstić information content (AvgIpc) is 2.90. The smallest absolute Gasteiger partial charge is 0.0954 e. The second-order valence-electron chi connectivity index (χ2n) is 6.28. The summed E-state index contributed by atoms with van der Waals surface area (Å²) in [7, 11) is 0. The summed E-state index contributed by atoms with van der Waals surface area (Å²) < 4.78 is 2.35. The number of imidazole rings is 1. The molecule has 1 aliphatic rings. The normalized spacial score (nSPS) is 14.4. The zero-order valence-electron chi connectivity index (χ0n) is 13.1. The van der Waals surface area contributed by atoms with Gasteiger partial charge in [-0.25, -0.2) is 4.98 Å². The van der Waals surface area contributed by atoms with Crippen LogP contribution in [0.25, 0.3) is 0 Å². The number of nitrogens with zero attached hydrogens (tertiary/aromatic N) is 2. The Morgan fingerprint density at radius 2 is 1.90 bits per heavy atom. The number of fused-ring (bicyclic) bond motifs is 1. The first-order chi connectivity index (χ1) is 10.2. The van der Waals surface area contributed by atoms with E-state index in [0.29, 0.717) is 6.04 Å². The van der Waals surface area contributed by atoms with Crippen LogP contribution in [-0.4, -0.2) is 15.6 Å². The highest BCUT2D eigenvalue weighted by atomic mass is 15.1. The van der Waals surface area contributed by atoms with Gasteiger partial charge >= 0.3 is 0 Å². The maximum atomic E-state index is 4.60. The first kappa shape index (κ1) is 14.3. The van der Waals surface area contributed by atoms with Crippen LogP contribution >= 0.6 is 0 Å². The molecule has 3 rings (SSSR count). The van der Waals surface area contributed by atoms with Crippen LogP contribution in [0.1, 0.15) is 49.2 Å². The van der Waals surface area contributed by atoms with E-state index in [0.717, 1.165) is 19.5 Å². The van der Waals surface area contributed by atoms with E-state index < -0.39 is 0 Å². The second-order valence-corrected chi connectivity index (χ2v) is 6.28. The highest BCUT2D eigenvalue weighted by Crippen LogP contribution is 2.21. The number of nitrogens with one attached hydrogen (secondary N) is 1. The summed E-state index contributed by atoms with van der Waals surface area (Å²) in [4.78, 5) is 4.60. The first-order valence-electron chi connectivity index (χ1n) is 8.07. The zero-order chi connectivity index (χ0) is 14.7. The van der Waals surface area contributed by atoms with Crippen molar-refractivity contribution in [3.8, 4) is 0 Å². The number of rotatable bonds is 5. The lowest BCUT2D eigenvalue weighted by Crippen LogP contribution is -2.22. The first-order valence-corrected chi connectivity index (χ1v) is 8.07.